The van der Waals surface area contributed by atoms with Crippen LogP contribution in [-0.2, 0) is 9.63 Å². The van der Waals surface area contributed by atoms with Crippen LogP contribution in [-0.4, -0.2) is 47.9 Å². The van der Waals surface area contributed by atoms with Crippen LogP contribution in [0.1, 0.15) is 24.0 Å². The summed E-state index contributed by atoms with van der Waals surface area (Å²) in [6.07, 6.45) is 1.61. The molecule has 2 aromatic carbocycles. The van der Waals surface area contributed by atoms with Crippen molar-refractivity contribution in [2.75, 3.05) is 26.2 Å². The number of hydrogen-bond acceptors (Lipinski definition) is 4. The monoisotopic (exact) mass is 370 g/mol. The normalized spacial score (nSPS) is 18.3. The van der Waals surface area contributed by atoms with Gasteiger partial charge in [0.15, 0.2) is 0 Å². The number of carboxylic acid groups (broad SMARTS) is 1. The predicted octanol–water partition coefficient (Wildman–Crippen LogP) is 3.39. The molecule has 0 amide bonds. The number of likely N-dealkylation sites (tertiary alicyclic amines) is 1. The molecule has 1 heterocycles. The van der Waals surface area contributed by atoms with Crippen molar-refractivity contribution in [2.45, 2.75) is 12.8 Å². The van der Waals surface area contributed by atoms with Crippen LogP contribution in [0.25, 0.3) is 0 Å². The van der Waals surface area contributed by atoms with Crippen LogP contribution in [0.15, 0.2) is 59.8 Å². The van der Waals surface area contributed by atoms with E-state index in [2.05, 4.69) is 10.1 Å². The average Bonchev–Trinajstić information content (AvgIpc) is 2.70. The fraction of sp³-hybridized carbons (Fsp3) is 0.333. The van der Waals surface area contributed by atoms with Crippen LogP contribution in [0.3, 0.4) is 0 Å². The quantitative estimate of drug-likeness (QED) is 0.461. The Bertz CT molecular complexity index is 778. The number of rotatable bonds is 7. The van der Waals surface area contributed by atoms with Gasteiger partial charge in [0.1, 0.15) is 18.1 Å². The van der Waals surface area contributed by atoms with Crippen molar-refractivity contribution in [3.8, 4) is 0 Å². The third-order valence-electron chi connectivity index (χ3n) is 4.67. The maximum atomic E-state index is 13.2. The number of piperidine rings is 1. The van der Waals surface area contributed by atoms with Crippen LogP contribution in [0, 0.1) is 11.7 Å². The molecule has 6 heteroatoms. The molecule has 142 valence electrons. The number of hydrogen-bond donors (Lipinski definition) is 1. The summed E-state index contributed by atoms with van der Waals surface area (Å²) in [6.45, 7) is 2.41. The largest absolute Gasteiger partial charge is 0.481 e. The molecule has 1 N–H and O–H groups in total. The van der Waals surface area contributed by atoms with E-state index in [1.807, 2.05) is 30.3 Å². The molecule has 0 radical (unpaired) electrons. The van der Waals surface area contributed by atoms with Gasteiger partial charge in [-0.1, -0.05) is 35.5 Å². The maximum absolute atomic E-state index is 13.2. The van der Waals surface area contributed by atoms with Crippen molar-refractivity contribution >= 4 is 11.7 Å². The predicted molar refractivity (Wildman–Crippen MR) is 101 cm³/mol. The lowest BCUT2D eigenvalue weighted by atomic mass is 9.98. The van der Waals surface area contributed by atoms with Gasteiger partial charge in [-0.2, -0.15) is 0 Å². The minimum atomic E-state index is -0.735. The first-order valence-electron chi connectivity index (χ1n) is 9.10. The molecule has 0 bridgehead atoms. The van der Waals surface area contributed by atoms with Gasteiger partial charge >= 0.3 is 5.97 Å². The van der Waals surface area contributed by atoms with Gasteiger partial charge in [-0.15, -0.1) is 0 Å². The number of halogens is 1. The summed E-state index contributed by atoms with van der Waals surface area (Å²) in [5, 5.41) is 13.4. The number of benzene rings is 2. The minimum Gasteiger partial charge on any atom is -0.481 e. The number of aliphatic carboxylic acids is 1. The molecule has 1 saturated heterocycles. The van der Waals surface area contributed by atoms with Gasteiger partial charge < -0.3 is 9.94 Å². The molecule has 2 aromatic rings. The van der Waals surface area contributed by atoms with Crippen LogP contribution in [0.2, 0.25) is 0 Å². The molecule has 1 aliphatic rings. The van der Waals surface area contributed by atoms with E-state index < -0.39 is 5.97 Å². The van der Waals surface area contributed by atoms with E-state index in [4.69, 9.17) is 9.94 Å². The first-order valence-corrected chi connectivity index (χ1v) is 9.10. The van der Waals surface area contributed by atoms with Gasteiger partial charge in [0, 0.05) is 24.2 Å². The summed E-state index contributed by atoms with van der Waals surface area (Å²) in [4.78, 5) is 18.8. The van der Waals surface area contributed by atoms with E-state index in [0.29, 0.717) is 25.4 Å². The molecular formula is C21H23FN2O3. The topological polar surface area (TPSA) is 62.1 Å². The van der Waals surface area contributed by atoms with E-state index in [9.17, 15) is 9.18 Å². The maximum Gasteiger partial charge on any atom is 0.307 e. The summed E-state index contributed by atoms with van der Waals surface area (Å²) in [6, 6.07) is 15.7. The number of carboxylic acids is 1. The Morgan fingerprint density at radius 2 is 1.85 bits per heavy atom. The minimum absolute atomic E-state index is 0.301. The van der Waals surface area contributed by atoms with Crippen LogP contribution in [0.5, 0.6) is 0 Å². The van der Waals surface area contributed by atoms with Gasteiger partial charge in [-0.25, -0.2) is 4.39 Å². The molecule has 0 saturated carbocycles. The highest BCUT2D eigenvalue weighted by Crippen LogP contribution is 2.16. The van der Waals surface area contributed by atoms with Crippen molar-refractivity contribution < 1.29 is 19.1 Å². The van der Waals surface area contributed by atoms with Gasteiger partial charge in [0.05, 0.1) is 5.92 Å². The Balaban J connectivity index is 1.64. The first-order chi connectivity index (χ1) is 13.1. The highest BCUT2D eigenvalue weighted by atomic mass is 19.1. The lowest BCUT2D eigenvalue weighted by molar-refractivity contribution is -0.143. The second-order valence-corrected chi connectivity index (χ2v) is 6.62. The fourth-order valence-electron chi connectivity index (χ4n) is 3.22. The highest BCUT2D eigenvalue weighted by Gasteiger charge is 2.24. The Morgan fingerprint density at radius 1 is 1.15 bits per heavy atom. The fourth-order valence-corrected chi connectivity index (χ4v) is 3.22. The SMILES string of the molecule is O=C(O)C1CCCN(CCON=C(c2ccccc2)c2ccc(F)cc2)C1. The summed E-state index contributed by atoms with van der Waals surface area (Å²) < 4.78 is 13.2. The first kappa shape index (κ1) is 19.0. The molecule has 0 aliphatic carbocycles. The second kappa shape index (κ2) is 9.28. The molecule has 0 spiro atoms. The molecule has 0 aromatic heterocycles. The van der Waals surface area contributed by atoms with E-state index in [0.717, 1.165) is 30.5 Å². The lowest BCUT2D eigenvalue weighted by Crippen LogP contribution is -2.40. The molecule has 1 atom stereocenters. The van der Waals surface area contributed by atoms with E-state index in [-0.39, 0.29) is 11.7 Å². The molecule has 1 unspecified atom stereocenters. The summed E-state index contributed by atoms with van der Waals surface area (Å²) >= 11 is 0. The zero-order valence-electron chi connectivity index (χ0n) is 15.1. The number of nitrogens with zero attached hydrogens (tertiary/aromatic N) is 2. The molecule has 3 rings (SSSR count). The van der Waals surface area contributed by atoms with Gasteiger partial charge in [-0.05, 0) is 43.7 Å². The Morgan fingerprint density at radius 3 is 2.56 bits per heavy atom. The molecule has 5 nitrogen and oxygen atoms in total. The van der Waals surface area contributed by atoms with E-state index >= 15 is 0 Å². The second-order valence-electron chi connectivity index (χ2n) is 6.62. The molecule has 27 heavy (non-hydrogen) atoms. The molecule has 1 fully saturated rings. The van der Waals surface area contributed by atoms with E-state index in [1.165, 1.54) is 12.1 Å². The number of carbonyl (C=O) groups is 1. The molecular weight excluding hydrogens is 347 g/mol. The van der Waals surface area contributed by atoms with Crippen LogP contribution >= 0.6 is 0 Å². The third kappa shape index (κ3) is 5.37. The Kier molecular flexibility index (Phi) is 6.54. The average molecular weight is 370 g/mol. The van der Waals surface area contributed by atoms with Crippen molar-refractivity contribution in [1.82, 2.24) is 4.90 Å². The van der Waals surface area contributed by atoms with Crippen molar-refractivity contribution in [3.05, 3.63) is 71.5 Å². The summed E-state index contributed by atoms with van der Waals surface area (Å²) in [5.74, 6) is -1.34. The van der Waals surface area contributed by atoms with Gasteiger partial charge in [0.25, 0.3) is 0 Å². The third-order valence-corrected chi connectivity index (χ3v) is 4.67. The van der Waals surface area contributed by atoms with E-state index in [1.54, 1.807) is 12.1 Å². The zero-order chi connectivity index (χ0) is 19.1. The summed E-state index contributed by atoms with van der Waals surface area (Å²) in [7, 11) is 0. The van der Waals surface area contributed by atoms with Crippen LogP contribution < -0.4 is 0 Å². The highest BCUT2D eigenvalue weighted by molar-refractivity contribution is 6.12. The Labute approximate surface area is 158 Å². The van der Waals surface area contributed by atoms with Gasteiger partial charge in [-0.3, -0.25) is 9.69 Å². The zero-order valence-corrected chi connectivity index (χ0v) is 15.1. The van der Waals surface area contributed by atoms with Crippen molar-refractivity contribution in [3.63, 3.8) is 0 Å². The van der Waals surface area contributed by atoms with Crippen molar-refractivity contribution in [1.29, 1.82) is 0 Å². The standard InChI is InChI=1S/C21H23FN2O3/c22-19-10-8-17(9-11-19)20(16-5-2-1-3-6-16)23-27-14-13-24-12-4-7-18(15-24)21(25)26/h1-3,5-6,8-11,18H,4,7,12-15H2,(H,25,26). The van der Waals surface area contributed by atoms with Crippen molar-refractivity contribution in [2.24, 2.45) is 11.1 Å². The van der Waals surface area contributed by atoms with Crippen LogP contribution in [0.4, 0.5) is 4.39 Å². The molecule has 1 aliphatic heterocycles. The van der Waals surface area contributed by atoms with Gasteiger partial charge in [0.2, 0.25) is 0 Å². The number of oxime groups is 1. The lowest BCUT2D eigenvalue weighted by Gasteiger charge is -2.29. The Hall–Kier alpha value is -2.73. The summed E-state index contributed by atoms with van der Waals surface area (Å²) in [5.41, 5.74) is 2.29. The smallest absolute Gasteiger partial charge is 0.307 e.